The number of nitrogens with two attached hydrogens (primary N) is 1. The van der Waals surface area contributed by atoms with Crippen molar-refractivity contribution in [1.29, 1.82) is 0 Å². The summed E-state index contributed by atoms with van der Waals surface area (Å²) in [4.78, 5) is 0. The molecule has 1 aromatic rings. The third kappa shape index (κ3) is 3.34. The molecule has 3 unspecified atom stereocenters. The van der Waals surface area contributed by atoms with E-state index >= 15 is 0 Å². The van der Waals surface area contributed by atoms with Gasteiger partial charge in [0, 0.05) is 27.8 Å². The van der Waals surface area contributed by atoms with Gasteiger partial charge in [-0.1, -0.05) is 19.8 Å². The van der Waals surface area contributed by atoms with E-state index in [2.05, 4.69) is 6.92 Å². The lowest BCUT2D eigenvalue weighted by Gasteiger charge is -2.26. The molecule has 0 aromatic heterocycles. The van der Waals surface area contributed by atoms with Gasteiger partial charge in [0.1, 0.15) is 13.2 Å². The molecule has 0 bridgehead atoms. The average Bonchev–Trinajstić information content (AvgIpc) is 2.48. The summed E-state index contributed by atoms with van der Waals surface area (Å²) in [6.07, 6.45) is 4.59. The molecule has 1 saturated carbocycles. The van der Waals surface area contributed by atoms with Gasteiger partial charge in [-0.25, -0.2) is 0 Å². The monoisotopic (exact) mass is 309 g/mol. The van der Waals surface area contributed by atoms with Crippen LogP contribution in [0.1, 0.15) is 38.2 Å². The van der Waals surface area contributed by atoms with E-state index in [4.69, 9.17) is 15.2 Å². The molecule has 0 radical (unpaired) electrons. The Morgan fingerprint density at radius 3 is 2.67 bits per heavy atom. The Labute approximate surface area is 128 Å². The molecule has 4 nitrogen and oxygen atoms in total. The molecule has 1 fully saturated rings. The maximum atomic E-state index is 12.6. The first kappa shape index (κ1) is 14.7. The molecule has 2 N–H and O–H groups in total. The number of hydrogen-bond donors (Lipinski definition) is 1. The summed E-state index contributed by atoms with van der Waals surface area (Å²) in [7, 11) is -0.866. The molecular formula is C16H23NO3S. The summed E-state index contributed by atoms with van der Waals surface area (Å²) in [5.74, 6) is 2.61. The molecule has 1 aliphatic carbocycles. The lowest BCUT2D eigenvalue weighted by molar-refractivity contribution is 0.171. The summed E-state index contributed by atoms with van der Waals surface area (Å²) < 4.78 is 23.7. The summed E-state index contributed by atoms with van der Waals surface area (Å²) in [5.41, 5.74) is 7.64. The zero-order valence-electron chi connectivity index (χ0n) is 12.5. The van der Waals surface area contributed by atoms with Gasteiger partial charge in [-0.2, -0.15) is 0 Å². The van der Waals surface area contributed by atoms with Gasteiger partial charge in [0.2, 0.25) is 0 Å². The second kappa shape index (κ2) is 6.26. The largest absolute Gasteiger partial charge is 0.486 e. The number of hydrogen-bond acceptors (Lipinski definition) is 4. The van der Waals surface area contributed by atoms with Gasteiger partial charge in [-0.3, -0.25) is 4.21 Å². The molecule has 3 atom stereocenters. The minimum Gasteiger partial charge on any atom is -0.486 e. The molecule has 1 aromatic carbocycles. The second-order valence-corrected chi connectivity index (χ2v) is 7.83. The van der Waals surface area contributed by atoms with Crippen molar-refractivity contribution in [3.05, 3.63) is 17.7 Å². The van der Waals surface area contributed by atoms with Crippen LogP contribution in [-0.2, 0) is 16.6 Å². The van der Waals surface area contributed by atoms with Crippen LogP contribution in [0.3, 0.4) is 0 Å². The summed E-state index contributed by atoms with van der Waals surface area (Å²) in [6, 6.07) is 3.69. The lowest BCUT2D eigenvalue weighted by Crippen LogP contribution is -2.24. The first-order chi connectivity index (χ1) is 10.1. The molecule has 0 saturated heterocycles. The van der Waals surface area contributed by atoms with Gasteiger partial charge in [-0.15, -0.1) is 0 Å². The highest BCUT2D eigenvalue weighted by atomic mass is 32.2. The number of benzene rings is 1. The van der Waals surface area contributed by atoms with Crippen molar-refractivity contribution in [3.63, 3.8) is 0 Å². The summed E-state index contributed by atoms with van der Waals surface area (Å²) in [5, 5.41) is 0.307. The fourth-order valence-electron chi connectivity index (χ4n) is 3.16. The van der Waals surface area contributed by atoms with Crippen molar-refractivity contribution in [1.82, 2.24) is 0 Å². The van der Waals surface area contributed by atoms with E-state index in [0.29, 0.717) is 41.6 Å². The Hall–Kier alpha value is -1.23. The molecule has 0 amide bonds. The van der Waals surface area contributed by atoms with Crippen LogP contribution in [-0.4, -0.2) is 22.7 Å². The standard InChI is InChI=1S/C16H23NO3S/c1-11-3-2-4-13(7-11)21(18)10-12-8-15-16(9-14(12)17)20-6-5-19-15/h8-9,11,13H,2-7,10,17H2,1H3. The highest BCUT2D eigenvalue weighted by molar-refractivity contribution is 7.84. The van der Waals surface area contributed by atoms with Crippen molar-refractivity contribution in [2.45, 2.75) is 43.6 Å². The Kier molecular flexibility index (Phi) is 4.38. The van der Waals surface area contributed by atoms with Crippen molar-refractivity contribution < 1.29 is 13.7 Å². The topological polar surface area (TPSA) is 61.6 Å². The Bertz CT molecular complexity index is 547. The van der Waals surface area contributed by atoms with Crippen molar-refractivity contribution in [2.75, 3.05) is 18.9 Å². The van der Waals surface area contributed by atoms with Gasteiger partial charge in [0.05, 0.1) is 5.75 Å². The molecule has 3 rings (SSSR count). The number of ether oxygens (including phenoxy) is 2. The first-order valence-electron chi connectivity index (χ1n) is 7.68. The minimum absolute atomic E-state index is 0.307. The number of rotatable bonds is 3. The van der Waals surface area contributed by atoms with Crippen LogP contribution >= 0.6 is 0 Å². The smallest absolute Gasteiger partial charge is 0.163 e. The zero-order valence-corrected chi connectivity index (χ0v) is 13.3. The van der Waals surface area contributed by atoms with Crippen molar-refractivity contribution in [3.8, 4) is 11.5 Å². The molecule has 1 aliphatic heterocycles. The van der Waals surface area contributed by atoms with E-state index in [1.54, 1.807) is 6.07 Å². The molecule has 116 valence electrons. The third-order valence-electron chi connectivity index (χ3n) is 4.36. The fourth-order valence-corrected chi connectivity index (χ4v) is 4.92. The van der Waals surface area contributed by atoms with Crippen molar-refractivity contribution >= 4 is 16.5 Å². The predicted octanol–water partition coefficient (Wildman–Crippen LogP) is 2.87. The number of anilines is 1. The molecule has 21 heavy (non-hydrogen) atoms. The molecule has 0 spiro atoms. The quantitative estimate of drug-likeness (QED) is 0.872. The predicted molar refractivity (Wildman–Crippen MR) is 85.1 cm³/mol. The maximum Gasteiger partial charge on any atom is 0.163 e. The van der Waals surface area contributed by atoms with Crippen LogP contribution in [0.2, 0.25) is 0 Å². The summed E-state index contributed by atoms with van der Waals surface area (Å²) in [6.45, 7) is 3.36. The Balaban J connectivity index is 1.73. The Morgan fingerprint density at radius 2 is 1.95 bits per heavy atom. The van der Waals surface area contributed by atoms with E-state index in [1.807, 2.05) is 6.07 Å². The first-order valence-corrected chi connectivity index (χ1v) is 9.07. The molecule has 1 heterocycles. The lowest BCUT2D eigenvalue weighted by atomic mass is 9.91. The van der Waals surface area contributed by atoms with Gasteiger partial charge in [0.15, 0.2) is 11.5 Å². The second-order valence-electron chi connectivity index (χ2n) is 6.11. The van der Waals surface area contributed by atoms with Gasteiger partial charge in [-0.05, 0) is 30.4 Å². The van der Waals surface area contributed by atoms with E-state index in [9.17, 15) is 4.21 Å². The number of nitrogen functional groups attached to an aromatic ring is 1. The highest BCUT2D eigenvalue weighted by Crippen LogP contribution is 2.36. The van der Waals surface area contributed by atoms with Crippen LogP contribution in [0.4, 0.5) is 5.69 Å². The Morgan fingerprint density at radius 1 is 1.24 bits per heavy atom. The van der Waals surface area contributed by atoms with Gasteiger partial charge < -0.3 is 15.2 Å². The highest BCUT2D eigenvalue weighted by Gasteiger charge is 2.25. The van der Waals surface area contributed by atoms with Crippen molar-refractivity contribution in [2.24, 2.45) is 5.92 Å². The van der Waals surface area contributed by atoms with Crippen LogP contribution in [0.15, 0.2) is 12.1 Å². The fraction of sp³-hybridized carbons (Fsp3) is 0.625. The van der Waals surface area contributed by atoms with Crippen LogP contribution in [0.25, 0.3) is 0 Å². The van der Waals surface area contributed by atoms with Crippen LogP contribution < -0.4 is 15.2 Å². The molecule has 5 heteroatoms. The van der Waals surface area contributed by atoms with E-state index in [1.165, 1.54) is 12.8 Å². The van der Waals surface area contributed by atoms with E-state index in [-0.39, 0.29) is 0 Å². The summed E-state index contributed by atoms with van der Waals surface area (Å²) >= 11 is 0. The molecular weight excluding hydrogens is 286 g/mol. The maximum absolute atomic E-state index is 12.6. The third-order valence-corrected chi connectivity index (χ3v) is 6.13. The normalized spacial score (nSPS) is 26.3. The van der Waals surface area contributed by atoms with Gasteiger partial charge >= 0.3 is 0 Å². The van der Waals surface area contributed by atoms with E-state index in [0.717, 1.165) is 24.2 Å². The van der Waals surface area contributed by atoms with E-state index < -0.39 is 10.8 Å². The molecule has 2 aliphatic rings. The van der Waals surface area contributed by atoms with Crippen LogP contribution in [0, 0.1) is 5.92 Å². The average molecular weight is 309 g/mol. The van der Waals surface area contributed by atoms with Crippen LogP contribution in [0.5, 0.6) is 11.5 Å². The minimum atomic E-state index is -0.866. The number of fused-ring (bicyclic) bond motifs is 1. The van der Waals surface area contributed by atoms with Gasteiger partial charge in [0.25, 0.3) is 0 Å². The SMILES string of the molecule is CC1CCCC(S(=O)Cc2cc3c(cc2N)OCCO3)C1. The zero-order chi connectivity index (χ0) is 14.8.